The maximum Gasteiger partial charge on any atom is 0.338 e. The van der Waals surface area contributed by atoms with Crippen molar-refractivity contribution >= 4 is 11.7 Å². The van der Waals surface area contributed by atoms with Crippen LogP contribution in [0.25, 0.3) is 0 Å². The Hall–Kier alpha value is -1.75. The fraction of sp³-hybridized carbons (Fsp3) is 0.462. The third-order valence-corrected chi connectivity index (χ3v) is 2.54. The van der Waals surface area contributed by atoms with Gasteiger partial charge in [-0.15, -0.1) is 0 Å². The van der Waals surface area contributed by atoms with E-state index in [9.17, 15) is 4.79 Å². The molecule has 96 valence electrons. The van der Waals surface area contributed by atoms with Gasteiger partial charge in [0.05, 0.1) is 24.4 Å². The first-order valence-corrected chi connectivity index (χ1v) is 6.06. The molecule has 0 spiro atoms. The molecular weight excluding hydrogens is 232 g/mol. The first-order valence-electron chi connectivity index (χ1n) is 6.06. The molecule has 0 N–H and O–H groups in total. The summed E-state index contributed by atoms with van der Waals surface area (Å²) in [6.07, 6.45) is 0.964. The highest BCUT2D eigenvalue weighted by atomic mass is 16.6. The molecule has 0 radical (unpaired) electrons. The largest absolute Gasteiger partial charge is 0.460 e. The van der Waals surface area contributed by atoms with Crippen molar-refractivity contribution in [3.8, 4) is 0 Å². The van der Waals surface area contributed by atoms with Crippen LogP contribution < -0.4 is 0 Å². The van der Waals surface area contributed by atoms with E-state index in [4.69, 9.17) is 9.47 Å². The summed E-state index contributed by atoms with van der Waals surface area (Å²) in [5.41, 5.74) is 2.33. The predicted octanol–water partition coefficient (Wildman–Crippen LogP) is 2.87. The van der Waals surface area contributed by atoms with Crippen LogP contribution >= 0.6 is 0 Å². The van der Waals surface area contributed by atoms with Crippen LogP contribution in [-0.2, 0) is 16.0 Å². The lowest BCUT2D eigenvalue weighted by molar-refractivity contribution is 0.0318. The molecule has 0 fully saturated rings. The van der Waals surface area contributed by atoms with Crippen molar-refractivity contribution in [2.75, 3.05) is 19.8 Å². The van der Waals surface area contributed by atoms with Crippen LogP contribution in [0.15, 0.2) is 28.4 Å². The van der Waals surface area contributed by atoms with Gasteiger partial charge in [-0.1, -0.05) is 6.92 Å². The standard InChI is InChI=1S/C13H16N2O3/c1-2-5-17-6-7-18-13(16)10-3-4-12-11(8-10)9-14-15-12/h3-4,8H,2,5-7,9H2,1H3. The van der Waals surface area contributed by atoms with Crippen molar-refractivity contribution in [3.63, 3.8) is 0 Å². The Morgan fingerprint density at radius 2 is 2.22 bits per heavy atom. The highest BCUT2D eigenvalue weighted by molar-refractivity contribution is 5.90. The number of fused-ring (bicyclic) bond motifs is 1. The third kappa shape index (κ3) is 3.13. The van der Waals surface area contributed by atoms with Gasteiger partial charge in [0.25, 0.3) is 0 Å². The number of hydrogen-bond acceptors (Lipinski definition) is 5. The number of ether oxygens (including phenoxy) is 2. The molecule has 1 heterocycles. The van der Waals surface area contributed by atoms with E-state index in [0.717, 1.165) is 17.7 Å². The maximum atomic E-state index is 11.7. The van der Waals surface area contributed by atoms with Gasteiger partial charge in [-0.2, -0.15) is 10.2 Å². The second-order valence-corrected chi connectivity index (χ2v) is 3.99. The number of nitrogens with zero attached hydrogens (tertiary/aromatic N) is 2. The Morgan fingerprint density at radius 3 is 3.06 bits per heavy atom. The zero-order valence-corrected chi connectivity index (χ0v) is 10.4. The van der Waals surface area contributed by atoms with E-state index in [1.807, 2.05) is 6.92 Å². The van der Waals surface area contributed by atoms with Crippen molar-refractivity contribution in [1.29, 1.82) is 0 Å². The van der Waals surface area contributed by atoms with Crippen molar-refractivity contribution in [1.82, 2.24) is 0 Å². The van der Waals surface area contributed by atoms with Crippen LogP contribution in [0.4, 0.5) is 5.69 Å². The molecule has 1 aliphatic rings. The van der Waals surface area contributed by atoms with Crippen molar-refractivity contribution in [2.45, 2.75) is 19.9 Å². The molecule has 0 aliphatic carbocycles. The molecule has 0 atom stereocenters. The van der Waals surface area contributed by atoms with Gasteiger partial charge in [-0.25, -0.2) is 4.79 Å². The van der Waals surface area contributed by atoms with Gasteiger partial charge in [0, 0.05) is 12.2 Å². The number of rotatable bonds is 6. The Balaban J connectivity index is 1.82. The quantitative estimate of drug-likeness (QED) is 0.574. The lowest BCUT2D eigenvalue weighted by Gasteiger charge is -2.06. The van der Waals surface area contributed by atoms with Crippen LogP contribution in [0.2, 0.25) is 0 Å². The molecule has 1 aromatic carbocycles. The minimum atomic E-state index is -0.329. The average Bonchev–Trinajstić information content (AvgIpc) is 2.85. The summed E-state index contributed by atoms with van der Waals surface area (Å²) in [6, 6.07) is 5.28. The summed E-state index contributed by atoms with van der Waals surface area (Å²) >= 11 is 0. The third-order valence-electron chi connectivity index (χ3n) is 2.54. The fourth-order valence-electron chi connectivity index (χ4n) is 1.65. The van der Waals surface area contributed by atoms with Gasteiger partial charge in [0.1, 0.15) is 6.61 Å². The fourth-order valence-corrected chi connectivity index (χ4v) is 1.65. The Bertz CT molecular complexity index is 458. The minimum absolute atomic E-state index is 0.282. The number of esters is 1. The molecule has 0 saturated carbocycles. The van der Waals surface area contributed by atoms with E-state index in [0.29, 0.717) is 25.3 Å². The summed E-state index contributed by atoms with van der Waals surface area (Å²) < 4.78 is 10.3. The minimum Gasteiger partial charge on any atom is -0.460 e. The zero-order chi connectivity index (χ0) is 12.8. The van der Waals surface area contributed by atoms with E-state index in [1.165, 1.54) is 0 Å². The zero-order valence-electron chi connectivity index (χ0n) is 10.4. The molecule has 0 aromatic heterocycles. The molecule has 18 heavy (non-hydrogen) atoms. The smallest absolute Gasteiger partial charge is 0.338 e. The van der Waals surface area contributed by atoms with E-state index in [2.05, 4.69) is 10.2 Å². The maximum absolute atomic E-state index is 11.7. The van der Waals surface area contributed by atoms with E-state index in [1.54, 1.807) is 18.2 Å². The van der Waals surface area contributed by atoms with Crippen LogP contribution in [0, 0.1) is 0 Å². The molecule has 1 aliphatic heterocycles. The molecule has 1 aromatic rings. The highest BCUT2D eigenvalue weighted by Gasteiger charge is 2.13. The lowest BCUT2D eigenvalue weighted by Crippen LogP contribution is -2.11. The number of carbonyl (C=O) groups excluding carboxylic acids is 1. The Labute approximate surface area is 106 Å². The second kappa shape index (κ2) is 6.26. The molecule has 0 saturated heterocycles. The van der Waals surface area contributed by atoms with Crippen LogP contribution in [0.3, 0.4) is 0 Å². The summed E-state index contributed by atoms with van der Waals surface area (Å²) in [4.78, 5) is 11.7. The Kier molecular flexibility index (Phi) is 4.41. The lowest BCUT2D eigenvalue weighted by atomic mass is 10.1. The molecule has 2 rings (SSSR count). The first-order chi connectivity index (χ1) is 8.81. The molecule has 5 heteroatoms. The number of benzene rings is 1. The van der Waals surface area contributed by atoms with Crippen molar-refractivity contribution < 1.29 is 14.3 Å². The number of carbonyl (C=O) groups is 1. The van der Waals surface area contributed by atoms with E-state index < -0.39 is 0 Å². The summed E-state index contributed by atoms with van der Waals surface area (Å²) in [5.74, 6) is -0.329. The van der Waals surface area contributed by atoms with Crippen molar-refractivity contribution in [3.05, 3.63) is 29.3 Å². The van der Waals surface area contributed by atoms with Crippen molar-refractivity contribution in [2.24, 2.45) is 10.2 Å². The van der Waals surface area contributed by atoms with Crippen LogP contribution in [0.1, 0.15) is 29.3 Å². The van der Waals surface area contributed by atoms with Crippen LogP contribution in [-0.4, -0.2) is 25.8 Å². The molecule has 5 nitrogen and oxygen atoms in total. The average molecular weight is 248 g/mol. The van der Waals surface area contributed by atoms with Gasteiger partial charge in [-0.05, 0) is 24.6 Å². The summed E-state index contributed by atoms with van der Waals surface area (Å²) in [7, 11) is 0. The van der Waals surface area contributed by atoms with Gasteiger partial charge in [0.2, 0.25) is 0 Å². The summed E-state index contributed by atoms with van der Waals surface area (Å²) in [5, 5.41) is 7.85. The van der Waals surface area contributed by atoms with Gasteiger partial charge in [0.15, 0.2) is 0 Å². The topological polar surface area (TPSA) is 60.2 Å². The normalized spacial score (nSPS) is 12.5. The molecule has 0 unspecified atom stereocenters. The SMILES string of the molecule is CCCOCCOC(=O)c1ccc2c(c1)CN=N2. The number of hydrogen-bond donors (Lipinski definition) is 0. The van der Waals surface area contributed by atoms with E-state index in [-0.39, 0.29) is 12.6 Å². The molecule has 0 amide bonds. The number of azo groups is 1. The molecule has 0 bridgehead atoms. The Morgan fingerprint density at radius 1 is 1.33 bits per heavy atom. The second-order valence-electron chi connectivity index (χ2n) is 3.99. The summed E-state index contributed by atoms with van der Waals surface area (Å²) in [6.45, 7) is 3.99. The van der Waals surface area contributed by atoms with Gasteiger partial charge in [-0.3, -0.25) is 0 Å². The van der Waals surface area contributed by atoms with E-state index >= 15 is 0 Å². The predicted molar refractivity (Wildman–Crippen MR) is 66.1 cm³/mol. The first kappa shape index (κ1) is 12.7. The molecular formula is C13H16N2O3. The van der Waals surface area contributed by atoms with Gasteiger partial charge >= 0.3 is 5.97 Å². The van der Waals surface area contributed by atoms with Gasteiger partial charge < -0.3 is 9.47 Å². The highest BCUT2D eigenvalue weighted by Crippen LogP contribution is 2.27. The monoisotopic (exact) mass is 248 g/mol. The van der Waals surface area contributed by atoms with Crippen LogP contribution in [0.5, 0.6) is 0 Å².